The van der Waals surface area contributed by atoms with Crippen LogP contribution in [0.1, 0.15) is 43.6 Å². The lowest BCUT2D eigenvalue weighted by molar-refractivity contribution is -0.164. The smallest absolute Gasteiger partial charge is 0.251 e. The van der Waals surface area contributed by atoms with Gasteiger partial charge in [-0.3, -0.25) is 4.79 Å². The molecule has 27 heavy (non-hydrogen) atoms. The fourth-order valence-electron chi connectivity index (χ4n) is 4.37. The Kier molecular flexibility index (Phi) is 4.96. The van der Waals surface area contributed by atoms with Crippen molar-refractivity contribution in [2.24, 2.45) is 10.8 Å². The number of benzene rings is 2. The zero-order valence-electron chi connectivity index (χ0n) is 16.0. The lowest BCUT2D eigenvalue weighted by atomic mass is 9.49. The Labute approximate surface area is 166 Å². The quantitative estimate of drug-likeness (QED) is 0.770. The Morgan fingerprint density at radius 1 is 1.04 bits per heavy atom. The second-order valence-electron chi connectivity index (χ2n) is 8.23. The van der Waals surface area contributed by atoms with Crippen molar-refractivity contribution in [1.82, 2.24) is 5.32 Å². The summed E-state index contributed by atoms with van der Waals surface area (Å²) in [5.41, 5.74) is 0.746. The van der Waals surface area contributed by atoms with Gasteiger partial charge in [-0.15, -0.1) is 12.6 Å². The number of carbonyl (C=O) groups is 1. The molecule has 4 nitrogen and oxygen atoms in total. The van der Waals surface area contributed by atoms with E-state index in [0.717, 1.165) is 10.6 Å². The van der Waals surface area contributed by atoms with Crippen LogP contribution in [0.15, 0.2) is 53.4 Å². The average Bonchev–Trinajstić information content (AvgIpc) is 2.64. The molecule has 140 valence electrons. The molecule has 1 aliphatic carbocycles. The maximum absolute atomic E-state index is 12.7. The summed E-state index contributed by atoms with van der Waals surface area (Å²) in [6, 6.07) is 16.4. The molecule has 2 aromatic carbocycles. The second-order valence-corrected chi connectivity index (χ2v) is 8.75. The van der Waals surface area contributed by atoms with Crippen molar-refractivity contribution >= 4 is 18.5 Å². The van der Waals surface area contributed by atoms with Crippen LogP contribution in [-0.4, -0.2) is 18.1 Å². The predicted octanol–water partition coefficient (Wildman–Crippen LogP) is 4.46. The fourth-order valence-corrected chi connectivity index (χ4v) is 4.52. The summed E-state index contributed by atoms with van der Waals surface area (Å²) in [5.74, 6) is 0.639. The van der Waals surface area contributed by atoms with E-state index in [4.69, 9.17) is 10.00 Å². The number of rotatable bonds is 4. The number of ether oxygens (including phenoxy) is 1. The Morgan fingerprint density at radius 2 is 1.59 bits per heavy atom. The Hall–Kier alpha value is -2.45. The summed E-state index contributed by atoms with van der Waals surface area (Å²) in [4.78, 5) is 13.5. The summed E-state index contributed by atoms with van der Waals surface area (Å²) >= 11 is 4.26. The molecule has 0 bridgehead atoms. The van der Waals surface area contributed by atoms with Gasteiger partial charge in [0.1, 0.15) is 11.9 Å². The maximum Gasteiger partial charge on any atom is 0.251 e. The largest absolute Gasteiger partial charge is 0.489 e. The zero-order valence-corrected chi connectivity index (χ0v) is 16.9. The van der Waals surface area contributed by atoms with Gasteiger partial charge in [-0.25, -0.2) is 0 Å². The third-order valence-electron chi connectivity index (χ3n) is 5.48. The molecule has 0 saturated heterocycles. The second kappa shape index (κ2) is 6.94. The molecule has 1 N–H and O–H groups in total. The molecule has 0 radical (unpaired) electrons. The minimum atomic E-state index is -0.240. The van der Waals surface area contributed by atoms with E-state index in [-0.39, 0.29) is 28.9 Å². The van der Waals surface area contributed by atoms with Gasteiger partial charge in [0.2, 0.25) is 0 Å². The molecule has 1 saturated carbocycles. The molecular formula is C22H24N2O2S. The first-order valence-corrected chi connectivity index (χ1v) is 9.37. The van der Waals surface area contributed by atoms with E-state index in [1.165, 1.54) is 0 Å². The minimum absolute atomic E-state index is 0.0310. The van der Waals surface area contributed by atoms with E-state index in [9.17, 15) is 4.79 Å². The highest BCUT2D eigenvalue weighted by Crippen LogP contribution is 2.55. The van der Waals surface area contributed by atoms with E-state index < -0.39 is 0 Å². The number of hydrogen-bond donors (Lipinski definition) is 2. The number of nitrogens with zero attached hydrogens (tertiary/aromatic N) is 1. The lowest BCUT2D eigenvalue weighted by Gasteiger charge is -2.63. The van der Waals surface area contributed by atoms with E-state index in [1.807, 2.05) is 24.3 Å². The number of carbonyl (C=O) groups excluding carboxylic acids is 1. The first kappa shape index (κ1) is 19.3. The molecule has 0 aromatic heterocycles. The molecule has 0 aliphatic heterocycles. The Morgan fingerprint density at radius 3 is 2.11 bits per heavy atom. The van der Waals surface area contributed by atoms with Gasteiger partial charge in [-0.05, 0) is 48.5 Å². The lowest BCUT2D eigenvalue weighted by Crippen LogP contribution is -2.74. The number of amides is 1. The molecule has 0 atom stereocenters. The Balaban J connectivity index is 1.74. The van der Waals surface area contributed by atoms with Gasteiger partial charge in [0, 0.05) is 27.3 Å². The van der Waals surface area contributed by atoms with Crippen molar-refractivity contribution in [2.75, 3.05) is 0 Å². The van der Waals surface area contributed by atoms with Gasteiger partial charge in [0.15, 0.2) is 0 Å². The van der Waals surface area contributed by atoms with Gasteiger partial charge >= 0.3 is 0 Å². The van der Waals surface area contributed by atoms with E-state index in [1.54, 1.807) is 24.3 Å². The Bertz CT molecular complexity index is 864. The van der Waals surface area contributed by atoms with Gasteiger partial charge in [0.05, 0.1) is 11.6 Å². The molecule has 1 amide bonds. The third-order valence-corrected chi connectivity index (χ3v) is 5.78. The zero-order chi connectivity index (χ0) is 19.8. The average molecular weight is 381 g/mol. The predicted molar refractivity (Wildman–Crippen MR) is 108 cm³/mol. The maximum atomic E-state index is 12.7. The van der Waals surface area contributed by atoms with Gasteiger partial charge in [-0.2, -0.15) is 5.26 Å². The normalized spacial score (nSPS) is 22.2. The molecule has 3 rings (SSSR count). The number of thiol groups is 1. The topological polar surface area (TPSA) is 62.1 Å². The van der Waals surface area contributed by atoms with Crippen LogP contribution in [0.4, 0.5) is 0 Å². The number of nitriles is 1. The first-order valence-electron chi connectivity index (χ1n) is 8.93. The van der Waals surface area contributed by atoms with Crippen LogP contribution in [0.3, 0.4) is 0 Å². The third kappa shape index (κ3) is 3.54. The molecular weight excluding hydrogens is 356 g/mol. The van der Waals surface area contributed by atoms with Crippen molar-refractivity contribution in [3.8, 4) is 11.8 Å². The molecule has 0 spiro atoms. The number of hydrogen-bond acceptors (Lipinski definition) is 4. The van der Waals surface area contributed by atoms with Gasteiger partial charge in [0.25, 0.3) is 5.91 Å². The highest BCUT2D eigenvalue weighted by molar-refractivity contribution is 7.80. The fraction of sp³-hybridized carbons (Fsp3) is 0.364. The van der Waals surface area contributed by atoms with E-state index in [2.05, 4.69) is 51.7 Å². The van der Waals surface area contributed by atoms with E-state index >= 15 is 0 Å². The molecule has 1 fully saturated rings. The summed E-state index contributed by atoms with van der Waals surface area (Å²) in [7, 11) is 0. The van der Waals surface area contributed by atoms with Crippen molar-refractivity contribution in [1.29, 1.82) is 5.26 Å². The van der Waals surface area contributed by atoms with Crippen LogP contribution in [-0.2, 0) is 0 Å². The molecule has 0 unspecified atom stereocenters. The van der Waals surface area contributed by atoms with Crippen LogP contribution >= 0.6 is 12.6 Å². The molecule has 0 heterocycles. The highest BCUT2D eigenvalue weighted by atomic mass is 32.1. The van der Waals surface area contributed by atoms with Crippen molar-refractivity contribution in [2.45, 2.75) is 44.7 Å². The van der Waals surface area contributed by atoms with Crippen LogP contribution in [0.2, 0.25) is 0 Å². The molecule has 1 aliphatic rings. The highest BCUT2D eigenvalue weighted by Gasteiger charge is 2.64. The van der Waals surface area contributed by atoms with Crippen LogP contribution in [0.25, 0.3) is 0 Å². The van der Waals surface area contributed by atoms with Gasteiger partial charge in [-0.1, -0.05) is 27.7 Å². The standard InChI is InChI=1S/C22H24N2O2S/c1-21(2)19(24-18(25)15-7-11-17(27)12-8-15)22(3,4)20(21)26-16-9-5-14(13-23)6-10-16/h5-12,19-20,27H,1-4H3,(H,24,25). The van der Waals surface area contributed by atoms with Crippen LogP contribution < -0.4 is 10.1 Å². The SMILES string of the molecule is CC1(C)C(NC(=O)c2ccc(S)cc2)C(C)(C)C1Oc1ccc(C#N)cc1. The summed E-state index contributed by atoms with van der Waals surface area (Å²) < 4.78 is 6.24. The summed E-state index contributed by atoms with van der Waals surface area (Å²) in [6.07, 6.45) is -0.0666. The molecule has 5 heteroatoms. The molecule has 2 aromatic rings. The number of nitrogens with one attached hydrogen (secondary N) is 1. The monoisotopic (exact) mass is 380 g/mol. The van der Waals surface area contributed by atoms with Crippen LogP contribution in [0, 0.1) is 22.2 Å². The summed E-state index contributed by atoms with van der Waals surface area (Å²) in [6.45, 7) is 8.42. The first-order chi connectivity index (χ1) is 12.7. The van der Waals surface area contributed by atoms with Crippen molar-refractivity contribution < 1.29 is 9.53 Å². The summed E-state index contributed by atoms with van der Waals surface area (Å²) in [5, 5.41) is 12.1. The van der Waals surface area contributed by atoms with E-state index in [0.29, 0.717) is 11.1 Å². The minimum Gasteiger partial charge on any atom is -0.489 e. The van der Waals surface area contributed by atoms with Crippen molar-refractivity contribution in [3.05, 3.63) is 59.7 Å². The van der Waals surface area contributed by atoms with Crippen LogP contribution in [0.5, 0.6) is 5.75 Å². The van der Waals surface area contributed by atoms with Crippen molar-refractivity contribution in [3.63, 3.8) is 0 Å². The van der Waals surface area contributed by atoms with Gasteiger partial charge < -0.3 is 10.1 Å².